The fourth-order valence-corrected chi connectivity index (χ4v) is 3.15. The van der Waals surface area contributed by atoms with Crippen LogP contribution in [-0.2, 0) is 25.7 Å². The number of rotatable bonds is 7. The Morgan fingerprint density at radius 3 is 2.83 bits per heavy atom. The van der Waals surface area contributed by atoms with Gasteiger partial charge in [-0.2, -0.15) is 0 Å². The van der Waals surface area contributed by atoms with Crippen molar-refractivity contribution in [3.05, 3.63) is 47.9 Å². The number of nitrogens with zero attached hydrogens (tertiary/aromatic N) is 1. The van der Waals surface area contributed by atoms with Crippen LogP contribution in [0.5, 0.6) is 5.75 Å². The van der Waals surface area contributed by atoms with Gasteiger partial charge < -0.3 is 24.1 Å². The number of nitrogens with one attached hydrogen (secondary N) is 1. The molecule has 2 amide bonds. The number of furan rings is 1. The molecule has 3 rings (SSSR count). The summed E-state index contributed by atoms with van der Waals surface area (Å²) in [6, 6.07) is 8.90. The predicted molar refractivity (Wildman–Crippen MR) is 104 cm³/mol. The number of hydrogen-bond donors (Lipinski definition) is 1. The van der Waals surface area contributed by atoms with Crippen LogP contribution in [0.4, 0.5) is 5.69 Å². The summed E-state index contributed by atoms with van der Waals surface area (Å²) in [5, 5.41) is 2.71. The van der Waals surface area contributed by atoms with Gasteiger partial charge in [-0.15, -0.1) is 0 Å². The zero-order valence-corrected chi connectivity index (χ0v) is 16.6. The number of hydrogen-bond acceptors (Lipinski definition) is 6. The first-order chi connectivity index (χ1) is 13.9. The lowest BCUT2D eigenvalue weighted by molar-refractivity contribution is -0.157. The highest BCUT2D eigenvalue weighted by Gasteiger charge is 2.37. The fraction of sp³-hybridized carbons (Fsp3) is 0.381. The van der Waals surface area contributed by atoms with Gasteiger partial charge in [-0.1, -0.05) is 6.07 Å². The van der Waals surface area contributed by atoms with E-state index in [0.29, 0.717) is 23.7 Å². The summed E-state index contributed by atoms with van der Waals surface area (Å²) in [6.07, 6.45) is 0.576. The van der Waals surface area contributed by atoms with Gasteiger partial charge in [0.2, 0.25) is 5.91 Å². The number of carbonyl (C=O) groups excluding carboxylic acids is 3. The van der Waals surface area contributed by atoms with Crippen molar-refractivity contribution in [2.24, 2.45) is 5.92 Å². The number of anilines is 1. The number of likely N-dealkylation sites (tertiary alicyclic amines) is 1. The molecule has 1 aromatic carbocycles. The Morgan fingerprint density at radius 2 is 2.14 bits per heavy atom. The molecule has 0 aliphatic carbocycles. The molecule has 1 aliphatic rings. The Bertz CT molecular complexity index is 893. The van der Waals surface area contributed by atoms with Crippen LogP contribution >= 0.6 is 0 Å². The number of ether oxygens (including phenoxy) is 2. The van der Waals surface area contributed by atoms with E-state index in [9.17, 15) is 14.4 Å². The second-order valence-electron chi connectivity index (χ2n) is 7.03. The van der Waals surface area contributed by atoms with E-state index >= 15 is 0 Å². The van der Waals surface area contributed by atoms with Crippen LogP contribution in [0.15, 0.2) is 41.0 Å². The lowest BCUT2D eigenvalue weighted by Crippen LogP contribution is -2.33. The van der Waals surface area contributed by atoms with Gasteiger partial charge in [0.05, 0.1) is 31.5 Å². The van der Waals surface area contributed by atoms with E-state index in [4.69, 9.17) is 13.9 Å². The summed E-state index contributed by atoms with van der Waals surface area (Å²) in [5.74, 6) is -0.644. The topological polar surface area (TPSA) is 98.1 Å². The minimum Gasteiger partial charge on any atom is -0.495 e. The van der Waals surface area contributed by atoms with Crippen molar-refractivity contribution in [2.75, 3.05) is 19.0 Å². The highest BCUT2D eigenvalue weighted by atomic mass is 16.5. The molecule has 0 saturated carbocycles. The Morgan fingerprint density at radius 1 is 1.34 bits per heavy atom. The maximum atomic E-state index is 12.5. The number of aryl methyl sites for hydroxylation is 1. The van der Waals surface area contributed by atoms with Gasteiger partial charge in [-0.3, -0.25) is 14.4 Å². The van der Waals surface area contributed by atoms with Crippen LogP contribution in [0.25, 0.3) is 0 Å². The van der Waals surface area contributed by atoms with E-state index in [1.165, 1.54) is 20.3 Å². The van der Waals surface area contributed by atoms with Crippen LogP contribution in [0.1, 0.15) is 24.7 Å². The number of benzene rings is 1. The molecule has 8 nitrogen and oxygen atoms in total. The molecule has 29 heavy (non-hydrogen) atoms. The van der Waals surface area contributed by atoms with E-state index in [1.54, 1.807) is 29.2 Å². The fourth-order valence-electron chi connectivity index (χ4n) is 3.15. The number of amides is 2. The molecule has 0 unspecified atom stereocenters. The molecule has 2 aromatic rings. The lowest BCUT2D eigenvalue weighted by Gasteiger charge is -2.18. The van der Waals surface area contributed by atoms with Crippen LogP contribution in [0.3, 0.4) is 0 Å². The van der Waals surface area contributed by atoms with Crippen molar-refractivity contribution < 1.29 is 28.3 Å². The molecular formula is C21H24N2O6. The third kappa shape index (κ3) is 4.96. The van der Waals surface area contributed by atoms with E-state index < -0.39 is 23.9 Å². The summed E-state index contributed by atoms with van der Waals surface area (Å²) >= 11 is 0. The molecule has 1 fully saturated rings. The molecule has 2 atom stereocenters. The summed E-state index contributed by atoms with van der Waals surface area (Å²) < 4.78 is 15.8. The molecule has 0 bridgehead atoms. The molecule has 0 spiro atoms. The average Bonchev–Trinajstić information content (AvgIpc) is 3.32. The number of methoxy groups -OCH3 is 1. The first kappa shape index (κ1) is 20.4. The summed E-state index contributed by atoms with van der Waals surface area (Å²) in [6.45, 7) is 3.92. The van der Waals surface area contributed by atoms with E-state index in [-0.39, 0.29) is 18.9 Å². The summed E-state index contributed by atoms with van der Waals surface area (Å²) in [5.41, 5.74) is 1.45. The molecule has 154 valence electrons. The quantitative estimate of drug-likeness (QED) is 0.717. The second-order valence-corrected chi connectivity index (χ2v) is 7.03. The van der Waals surface area contributed by atoms with Gasteiger partial charge in [0.15, 0.2) is 6.10 Å². The molecule has 0 radical (unpaired) electrons. The Kier molecular flexibility index (Phi) is 6.21. The molecule has 1 N–H and O–H groups in total. The van der Waals surface area contributed by atoms with Gasteiger partial charge in [0, 0.05) is 13.0 Å². The molecule has 2 heterocycles. The molecular weight excluding hydrogens is 376 g/mol. The minimum absolute atomic E-state index is 0.0551. The van der Waals surface area contributed by atoms with E-state index in [1.807, 2.05) is 13.0 Å². The van der Waals surface area contributed by atoms with E-state index in [2.05, 4.69) is 5.32 Å². The predicted octanol–water partition coefficient (Wildman–Crippen LogP) is 2.52. The average molecular weight is 400 g/mol. The standard InChI is InChI=1S/C21H24N2O6/c1-13-6-7-18(27-3)17(9-13)22-20(25)14(2)29-21(26)15-10-19(24)23(11-15)12-16-5-4-8-28-16/h4-9,14-15H,10-12H2,1-3H3,(H,22,25)/t14-,15+/m1/s1. The number of esters is 1. The Hall–Kier alpha value is -3.29. The van der Waals surface area contributed by atoms with Crippen molar-refractivity contribution in [3.8, 4) is 5.75 Å². The van der Waals surface area contributed by atoms with Crippen molar-refractivity contribution in [1.29, 1.82) is 0 Å². The van der Waals surface area contributed by atoms with Gasteiger partial charge in [-0.05, 0) is 43.7 Å². The first-order valence-corrected chi connectivity index (χ1v) is 9.33. The van der Waals surface area contributed by atoms with Gasteiger partial charge in [0.1, 0.15) is 11.5 Å². The van der Waals surface area contributed by atoms with Crippen LogP contribution in [-0.4, -0.2) is 42.4 Å². The van der Waals surface area contributed by atoms with E-state index in [0.717, 1.165) is 5.56 Å². The normalized spacial score (nSPS) is 17.1. The molecule has 1 aromatic heterocycles. The smallest absolute Gasteiger partial charge is 0.312 e. The maximum Gasteiger partial charge on any atom is 0.312 e. The maximum absolute atomic E-state index is 12.5. The monoisotopic (exact) mass is 400 g/mol. The Labute approximate surface area is 168 Å². The zero-order valence-electron chi connectivity index (χ0n) is 16.6. The largest absolute Gasteiger partial charge is 0.495 e. The summed E-state index contributed by atoms with van der Waals surface area (Å²) in [4.78, 5) is 38.6. The van der Waals surface area contributed by atoms with Crippen LogP contribution in [0, 0.1) is 12.8 Å². The first-order valence-electron chi connectivity index (χ1n) is 9.33. The van der Waals surface area contributed by atoms with Crippen molar-refractivity contribution in [2.45, 2.75) is 32.9 Å². The SMILES string of the molecule is COc1ccc(C)cc1NC(=O)[C@@H](C)OC(=O)[C@H]1CC(=O)N(Cc2ccco2)C1. The van der Waals surface area contributed by atoms with Crippen molar-refractivity contribution in [1.82, 2.24) is 4.90 Å². The molecule has 8 heteroatoms. The van der Waals surface area contributed by atoms with Crippen LogP contribution < -0.4 is 10.1 Å². The Balaban J connectivity index is 1.55. The minimum atomic E-state index is -1.01. The molecule has 1 aliphatic heterocycles. The summed E-state index contributed by atoms with van der Waals surface area (Å²) in [7, 11) is 1.51. The highest BCUT2D eigenvalue weighted by Crippen LogP contribution is 2.26. The third-order valence-electron chi connectivity index (χ3n) is 4.75. The van der Waals surface area contributed by atoms with Gasteiger partial charge >= 0.3 is 5.97 Å². The van der Waals surface area contributed by atoms with Crippen LogP contribution in [0.2, 0.25) is 0 Å². The van der Waals surface area contributed by atoms with Crippen molar-refractivity contribution in [3.63, 3.8) is 0 Å². The highest BCUT2D eigenvalue weighted by molar-refractivity contribution is 5.97. The zero-order chi connectivity index (χ0) is 21.0. The molecule has 1 saturated heterocycles. The van der Waals surface area contributed by atoms with Crippen molar-refractivity contribution >= 4 is 23.5 Å². The van der Waals surface area contributed by atoms with Gasteiger partial charge in [-0.25, -0.2) is 0 Å². The van der Waals surface area contributed by atoms with Gasteiger partial charge in [0.25, 0.3) is 5.91 Å². The second kappa shape index (κ2) is 8.81. The number of carbonyl (C=O) groups is 3. The lowest BCUT2D eigenvalue weighted by atomic mass is 10.1. The third-order valence-corrected chi connectivity index (χ3v) is 4.75.